The Hall–Kier alpha value is -2.72. The molecule has 1 aliphatic heterocycles. The second-order valence-corrected chi connectivity index (χ2v) is 10.4. The second kappa shape index (κ2) is 11.1. The number of thiocarbonyl (C=S) groups is 1. The lowest BCUT2D eigenvalue weighted by atomic mass is 10.1. The standard InChI is InChI=1S/C26H19Br2ClN2O4S/c1-14-9-17(27)7-8-21(14)31-25(33)18(24(32)30-26(31)36)10-15-11-19(28)23(22(12-15)34-2)35-13-16-5-3-4-6-20(16)29/h3-12H,13H2,1-2H3,(H,30,32,36)/b18-10-. The molecule has 2 amide bonds. The lowest BCUT2D eigenvalue weighted by Crippen LogP contribution is -2.54. The predicted molar refractivity (Wildman–Crippen MR) is 152 cm³/mol. The number of hydrogen-bond donors (Lipinski definition) is 1. The van der Waals surface area contributed by atoms with Gasteiger partial charge in [0.25, 0.3) is 11.8 Å². The van der Waals surface area contributed by atoms with Crippen molar-refractivity contribution >= 4 is 84.4 Å². The van der Waals surface area contributed by atoms with Crippen LogP contribution in [0, 0.1) is 6.92 Å². The summed E-state index contributed by atoms with van der Waals surface area (Å²) in [5.74, 6) is -0.219. The van der Waals surface area contributed by atoms with Crippen LogP contribution < -0.4 is 19.7 Å². The SMILES string of the molecule is COc1cc(/C=C2/C(=O)NC(=S)N(c3ccc(Br)cc3C)C2=O)cc(Br)c1OCc1ccccc1Cl. The molecule has 1 aliphatic rings. The molecule has 0 aliphatic carbocycles. The summed E-state index contributed by atoms with van der Waals surface area (Å²) < 4.78 is 12.9. The van der Waals surface area contributed by atoms with Gasteiger partial charge in [-0.25, -0.2) is 0 Å². The van der Waals surface area contributed by atoms with E-state index in [0.29, 0.717) is 32.2 Å². The first-order valence-electron chi connectivity index (χ1n) is 10.6. The fraction of sp³-hybridized carbons (Fsp3) is 0.115. The number of anilines is 1. The van der Waals surface area contributed by atoms with Crippen LogP contribution in [0.2, 0.25) is 5.02 Å². The minimum atomic E-state index is -0.579. The van der Waals surface area contributed by atoms with Crippen molar-refractivity contribution in [3.05, 3.63) is 90.8 Å². The summed E-state index contributed by atoms with van der Waals surface area (Å²) in [4.78, 5) is 27.5. The average Bonchev–Trinajstić information content (AvgIpc) is 2.83. The highest BCUT2D eigenvalue weighted by atomic mass is 79.9. The van der Waals surface area contributed by atoms with Gasteiger partial charge in [-0.05, 0) is 88.7 Å². The molecule has 0 bridgehead atoms. The third-order valence-corrected chi connectivity index (χ3v) is 7.13. The zero-order valence-corrected chi connectivity index (χ0v) is 23.8. The Balaban J connectivity index is 1.66. The van der Waals surface area contributed by atoms with Crippen molar-refractivity contribution in [1.82, 2.24) is 5.32 Å². The van der Waals surface area contributed by atoms with Gasteiger partial charge in [-0.3, -0.25) is 19.8 Å². The molecular formula is C26H19Br2ClN2O4S. The lowest BCUT2D eigenvalue weighted by molar-refractivity contribution is -0.122. The lowest BCUT2D eigenvalue weighted by Gasteiger charge is -2.30. The Bertz CT molecular complexity index is 1430. The van der Waals surface area contributed by atoms with Crippen LogP contribution in [0.3, 0.4) is 0 Å². The van der Waals surface area contributed by atoms with Gasteiger partial charge in [0.1, 0.15) is 12.2 Å². The zero-order valence-electron chi connectivity index (χ0n) is 19.1. The summed E-state index contributed by atoms with van der Waals surface area (Å²) in [5, 5.41) is 3.23. The summed E-state index contributed by atoms with van der Waals surface area (Å²) >= 11 is 18.5. The Morgan fingerprint density at radius 2 is 1.86 bits per heavy atom. The fourth-order valence-corrected chi connectivity index (χ4v) is 5.16. The largest absolute Gasteiger partial charge is 0.493 e. The molecule has 0 atom stereocenters. The van der Waals surface area contributed by atoms with Crippen molar-refractivity contribution in [2.45, 2.75) is 13.5 Å². The van der Waals surface area contributed by atoms with Crippen LogP contribution in [0.25, 0.3) is 6.08 Å². The predicted octanol–water partition coefficient (Wildman–Crippen LogP) is 6.59. The van der Waals surface area contributed by atoms with Gasteiger partial charge >= 0.3 is 0 Å². The van der Waals surface area contributed by atoms with Crippen LogP contribution >= 0.6 is 55.7 Å². The molecule has 184 valence electrons. The van der Waals surface area contributed by atoms with Crippen molar-refractivity contribution < 1.29 is 19.1 Å². The Morgan fingerprint density at radius 3 is 2.56 bits per heavy atom. The van der Waals surface area contributed by atoms with Crippen LogP contribution in [0.1, 0.15) is 16.7 Å². The molecule has 10 heteroatoms. The van der Waals surface area contributed by atoms with Crippen molar-refractivity contribution in [3.8, 4) is 11.5 Å². The number of nitrogens with zero attached hydrogens (tertiary/aromatic N) is 1. The van der Waals surface area contributed by atoms with Crippen LogP contribution in [0.4, 0.5) is 5.69 Å². The molecular weight excluding hydrogens is 632 g/mol. The van der Waals surface area contributed by atoms with Crippen molar-refractivity contribution in [2.75, 3.05) is 12.0 Å². The maximum Gasteiger partial charge on any atom is 0.270 e. The van der Waals surface area contributed by atoms with E-state index in [-0.39, 0.29) is 17.3 Å². The molecule has 3 aromatic rings. The minimum absolute atomic E-state index is 0.0228. The van der Waals surface area contributed by atoms with Crippen LogP contribution in [-0.2, 0) is 16.2 Å². The number of halogens is 3. The number of benzene rings is 3. The van der Waals surface area contributed by atoms with Gasteiger partial charge in [0, 0.05) is 15.1 Å². The molecule has 6 nitrogen and oxygen atoms in total. The van der Waals surface area contributed by atoms with E-state index in [9.17, 15) is 9.59 Å². The average molecular weight is 651 g/mol. The summed E-state index contributed by atoms with van der Waals surface area (Å²) in [6, 6.07) is 16.3. The minimum Gasteiger partial charge on any atom is -0.493 e. The molecule has 0 spiro atoms. The molecule has 0 aromatic heterocycles. The Kier molecular flexibility index (Phi) is 8.14. The highest BCUT2D eigenvalue weighted by Gasteiger charge is 2.35. The maximum absolute atomic E-state index is 13.4. The van der Waals surface area contributed by atoms with Crippen LogP contribution in [-0.4, -0.2) is 24.0 Å². The number of aryl methyl sites for hydroxylation is 1. The van der Waals surface area contributed by atoms with Crippen molar-refractivity contribution in [3.63, 3.8) is 0 Å². The van der Waals surface area contributed by atoms with E-state index < -0.39 is 11.8 Å². The fourth-order valence-electron chi connectivity index (χ4n) is 3.64. The molecule has 36 heavy (non-hydrogen) atoms. The third kappa shape index (κ3) is 5.49. The summed E-state index contributed by atoms with van der Waals surface area (Å²) in [6.45, 7) is 2.09. The molecule has 0 radical (unpaired) electrons. The zero-order chi connectivity index (χ0) is 26.0. The molecule has 1 saturated heterocycles. The highest BCUT2D eigenvalue weighted by Crippen LogP contribution is 2.38. The first-order chi connectivity index (χ1) is 17.2. The second-order valence-electron chi connectivity index (χ2n) is 7.80. The number of methoxy groups -OCH3 is 1. The molecule has 0 unspecified atom stereocenters. The summed E-state index contributed by atoms with van der Waals surface area (Å²) in [6.07, 6.45) is 1.49. The molecule has 4 rings (SSSR count). The quantitative estimate of drug-likeness (QED) is 0.185. The first kappa shape index (κ1) is 26.3. The topological polar surface area (TPSA) is 67.9 Å². The normalized spacial score (nSPS) is 14.8. The number of nitrogens with one attached hydrogen (secondary N) is 1. The van der Waals surface area contributed by atoms with Gasteiger partial charge in [-0.2, -0.15) is 0 Å². The van der Waals surface area contributed by atoms with E-state index in [2.05, 4.69) is 37.2 Å². The van der Waals surface area contributed by atoms with Crippen molar-refractivity contribution in [2.24, 2.45) is 0 Å². The summed E-state index contributed by atoms with van der Waals surface area (Å²) in [7, 11) is 1.51. The molecule has 1 fully saturated rings. The number of amides is 2. The van der Waals surface area contributed by atoms with Gasteiger partial charge in [0.2, 0.25) is 0 Å². The van der Waals surface area contributed by atoms with E-state index in [0.717, 1.165) is 15.6 Å². The first-order valence-corrected chi connectivity index (χ1v) is 13.0. The van der Waals surface area contributed by atoms with Crippen LogP contribution in [0.5, 0.6) is 11.5 Å². The van der Waals surface area contributed by atoms with E-state index in [1.807, 2.05) is 31.2 Å². The van der Waals surface area contributed by atoms with Gasteiger partial charge in [-0.1, -0.05) is 45.7 Å². The molecule has 1 N–H and O–H groups in total. The van der Waals surface area contributed by atoms with E-state index in [4.69, 9.17) is 33.3 Å². The smallest absolute Gasteiger partial charge is 0.270 e. The molecule has 1 heterocycles. The maximum atomic E-state index is 13.4. The van der Waals surface area contributed by atoms with E-state index in [1.54, 1.807) is 30.3 Å². The molecule has 0 saturated carbocycles. The number of carbonyl (C=O) groups excluding carboxylic acids is 2. The Morgan fingerprint density at radius 1 is 1.11 bits per heavy atom. The number of ether oxygens (including phenoxy) is 2. The van der Waals surface area contributed by atoms with Gasteiger partial charge in [0.05, 0.1) is 17.3 Å². The van der Waals surface area contributed by atoms with Gasteiger partial charge in [0.15, 0.2) is 16.6 Å². The number of carbonyl (C=O) groups is 2. The molecule has 3 aromatic carbocycles. The number of hydrogen-bond acceptors (Lipinski definition) is 5. The van der Waals surface area contributed by atoms with Gasteiger partial charge in [-0.15, -0.1) is 0 Å². The monoisotopic (exact) mass is 648 g/mol. The third-order valence-electron chi connectivity index (χ3n) is 5.39. The van der Waals surface area contributed by atoms with E-state index in [1.165, 1.54) is 18.1 Å². The van der Waals surface area contributed by atoms with Gasteiger partial charge < -0.3 is 9.47 Å². The number of rotatable bonds is 6. The highest BCUT2D eigenvalue weighted by molar-refractivity contribution is 9.10. The van der Waals surface area contributed by atoms with Crippen LogP contribution in [0.15, 0.2) is 69.1 Å². The van der Waals surface area contributed by atoms with Crippen molar-refractivity contribution in [1.29, 1.82) is 0 Å². The Labute approximate surface area is 235 Å². The summed E-state index contributed by atoms with van der Waals surface area (Å²) in [5.41, 5.74) is 2.72. The van der Waals surface area contributed by atoms with E-state index >= 15 is 0 Å².